The van der Waals surface area contributed by atoms with Gasteiger partial charge in [0.2, 0.25) is 0 Å². The lowest BCUT2D eigenvalue weighted by molar-refractivity contribution is 0.0550. The van der Waals surface area contributed by atoms with Gasteiger partial charge in [0.15, 0.2) is 0 Å². The van der Waals surface area contributed by atoms with Crippen molar-refractivity contribution in [3.05, 3.63) is 29.3 Å². The largest absolute Gasteiger partial charge is 0.491 e. The standard InChI is InChI=1S/C15H25NO4.ClH/c1-12-3-4-15(13(2)9-12)20-11-14(19)10-16(5-7-17)6-8-18;/h3-4,9,14,17-19H,5-8,10-11H2,1-2H3;1H. The summed E-state index contributed by atoms with van der Waals surface area (Å²) in [7, 11) is 0. The lowest BCUT2D eigenvalue weighted by Crippen LogP contribution is -2.38. The molecule has 5 nitrogen and oxygen atoms in total. The number of rotatable bonds is 9. The fourth-order valence-electron chi connectivity index (χ4n) is 2.08. The first kappa shape index (κ1) is 20.1. The summed E-state index contributed by atoms with van der Waals surface area (Å²) in [6, 6.07) is 5.90. The summed E-state index contributed by atoms with van der Waals surface area (Å²) in [6.45, 7) is 5.42. The molecule has 1 aromatic carbocycles. The van der Waals surface area contributed by atoms with Crippen molar-refractivity contribution in [3.8, 4) is 5.75 Å². The third-order valence-electron chi connectivity index (χ3n) is 3.06. The molecule has 6 heteroatoms. The van der Waals surface area contributed by atoms with Crippen LogP contribution in [0.15, 0.2) is 18.2 Å². The monoisotopic (exact) mass is 319 g/mol. The zero-order chi connectivity index (χ0) is 15.0. The average molecular weight is 320 g/mol. The lowest BCUT2D eigenvalue weighted by atomic mass is 10.1. The van der Waals surface area contributed by atoms with E-state index in [-0.39, 0.29) is 32.2 Å². The van der Waals surface area contributed by atoms with Gasteiger partial charge in [0.1, 0.15) is 18.5 Å². The molecule has 0 heterocycles. The number of benzene rings is 1. The number of halogens is 1. The minimum absolute atomic E-state index is 0. The summed E-state index contributed by atoms with van der Waals surface area (Å²) in [5.74, 6) is 0.769. The molecular weight excluding hydrogens is 294 g/mol. The minimum atomic E-state index is -0.659. The third kappa shape index (κ3) is 7.64. The van der Waals surface area contributed by atoms with Crippen LogP contribution < -0.4 is 4.74 Å². The van der Waals surface area contributed by atoms with E-state index >= 15 is 0 Å². The highest BCUT2D eigenvalue weighted by Crippen LogP contribution is 2.18. The molecule has 1 aromatic rings. The molecular formula is C15H26ClNO4. The topological polar surface area (TPSA) is 73.2 Å². The van der Waals surface area contributed by atoms with E-state index in [1.807, 2.05) is 32.0 Å². The van der Waals surface area contributed by atoms with Crippen LogP contribution in [0.25, 0.3) is 0 Å². The Morgan fingerprint density at radius 2 is 1.76 bits per heavy atom. The van der Waals surface area contributed by atoms with Crippen molar-refractivity contribution in [1.29, 1.82) is 0 Å². The Hall–Kier alpha value is -0.850. The first-order chi connectivity index (χ1) is 9.56. The van der Waals surface area contributed by atoms with E-state index < -0.39 is 6.10 Å². The Morgan fingerprint density at radius 3 is 2.29 bits per heavy atom. The van der Waals surface area contributed by atoms with Crippen molar-refractivity contribution in [2.75, 3.05) is 39.5 Å². The van der Waals surface area contributed by atoms with Gasteiger partial charge in [0, 0.05) is 19.6 Å². The molecule has 21 heavy (non-hydrogen) atoms. The zero-order valence-corrected chi connectivity index (χ0v) is 13.5. The highest BCUT2D eigenvalue weighted by molar-refractivity contribution is 5.85. The van der Waals surface area contributed by atoms with Gasteiger partial charge in [0.25, 0.3) is 0 Å². The minimum Gasteiger partial charge on any atom is -0.491 e. The number of ether oxygens (including phenoxy) is 1. The summed E-state index contributed by atoms with van der Waals surface area (Å²) >= 11 is 0. The molecule has 122 valence electrons. The molecule has 1 rings (SSSR count). The fourth-order valence-corrected chi connectivity index (χ4v) is 2.08. The van der Waals surface area contributed by atoms with Gasteiger partial charge < -0.3 is 20.1 Å². The van der Waals surface area contributed by atoms with E-state index in [0.29, 0.717) is 19.6 Å². The maximum Gasteiger partial charge on any atom is 0.122 e. The lowest BCUT2D eigenvalue weighted by Gasteiger charge is -2.23. The van der Waals surface area contributed by atoms with E-state index in [1.54, 1.807) is 4.90 Å². The Morgan fingerprint density at radius 1 is 1.14 bits per heavy atom. The smallest absolute Gasteiger partial charge is 0.122 e. The second-order valence-electron chi connectivity index (χ2n) is 4.98. The first-order valence-electron chi connectivity index (χ1n) is 6.89. The normalized spacial score (nSPS) is 12.1. The summed E-state index contributed by atoms with van der Waals surface area (Å²) in [6.07, 6.45) is -0.659. The van der Waals surface area contributed by atoms with Gasteiger partial charge in [0.05, 0.1) is 13.2 Å². The van der Waals surface area contributed by atoms with Crippen molar-refractivity contribution >= 4 is 12.4 Å². The maximum atomic E-state index is 9.95. The predicted octanol–water partition coefficient (Wildman–Crippen LogP) is 0.752. The van der Waals surface area contributed by atoms with Crippen LogP contribution in [0.3, 0.4) is 0 Å². The molecule has 0 amide bonds. The van der Waals surface area contributed by atoms with Gasteiger partial charge in [-0.3, -0.25) is 4.90 Å². The van der Waals surface area contributed by atoms with Crippen molar-refractivity contribution in [2.45, 2.75) is 20.0 Å². The molecule has 0 saturated heterocycles. The van der Waals surface area contributed by atoms with Gasteiger partial charge in [-0.05, 0) is 25.5 Å². The molecule has 0 bridgehead atoms. The Bertz CT molecular complexity index is 397. The molecule has 0 aliphatic carbocycles. The average Bonchev–Trinajstić information content (AvgIpc) is 2.38. The van der Waals surface area contributed by atoms with Crippen LogP contribution in [0.4, 0.5) is 0 Å². The summed E-state index contributed by atoms with van der Waals surface area (Å²) in [4.78, 5) is 1.80. The second kappa shape index (κ2) is 10.8. The Balaban J connectivity index is 0.00000400. The van der Waals surface area contributed by atoms with Gasteiger partial charge in [-0.25, -0.2) is 0 Å². The number of aryl methyl sites for hydroxylation is 2. The quantitative estimate of drug-likeness (QED) is 0.626. The summed E-state index contributed by atoms with van der Waals surface area (Å²) in [5, 5.41) is 27.8. The van der Waals surface area contributed by atoms with Crippen LogP contribution in [0.2, 0.25) is 0 Å². The van der Waals surface area contributed by atoms with Gasteiger partial charge in [-0.2, -0.15) is 0 Å². The third-order valence-corrected chi connectivity index (χ3v) is 3.06. The molecule has 0 fully saturated rings. The number of aliphatic hydroxyl groups excluding tert-OH is 3. The Labute approximate surface area is 132 Å². The van der Waals surface area contributed by atoms with Crippen LogP contribution in [0.1, 0.15) is 11.1 Å². The molecule has 1 atom stereocenters. The van der Waals surface area contributed by atoms with Crippen LogP contribution in [0, 0.1) is 13.8 Å². The van der Waals surface area contributed by atoms with Crippen LogP contribution in [-0.4, -0.2) is 65.8 Å². The molecule has 0 spiro atoms. The van der Waals surface area contributed by atoms with Gasteiger partial charge in [-0.1, -0.05) is 17.7 Å². The maximum absolute atomic E-state index is 9.95. The molecule has 1 unspecified atom stereocenters. The second-order valence-corrected chi connectivity index (χ2v) is 4.98. The Kier molecular flexibility index (Phi) is 10.4. The number of nitrogens with zero attached hydrogens (tertiary/aromatic N) is 1. The van der Waals surface area contributed by atoms with Crippen LogP contribution in [0.5, 0.6) is 5.75 Å². The number of hydrogen-bond acceptors (Lipinski definition) is 5. The first-order valence-corrected chi connectivity index (χ1v) is 6.89. The fraction of sp³-hybridized carbons (Fsp3) is 0.600. The molecule has 0 aliphatic heterocycles. The highest BCUT2D eigenvalue weighted by Gasteiger charge is 2.12. The van der Waals surface area contributed by atoms with E-state index in [1.165, 1.54) is 5.56 Å². The summed E-state index contributed by atoms with van der Waals surface area (Å²) in [5.41, 5.74) is 2.22. The van der Waals surface area contributed by atoms with E-state index in [9.17, 15) is 5.11 Å². The van der Waals surface area contributed by atoms with E-state index in [2.05, 4.69) is 0 Å². The highest BCUT2D eigenvalue weighted by atomic mass is 35.5. The van der Waals surface area contributed by atoms with Gasteiger partial charge >= 0.3 is 0 Å². The van der Waals surface area contributed by atoms with Crippen LogP contribution >= 0.6 is 12.4 Å². The molecule has 0 saturated carbocycles. The molecule has 3 N–H and O–H groups in total. The van der Waals surface area contributed by atoms with Crippen molar-refractivity contribution < 1.29 is 20.1 Å². The van der Waals surface area contributed by atoms with Crippen LogP contribution in [-0.2, 0) is 0 Å². The van der Waals surface area contributed by atoms with E-state index in [0.717, 1.165) is 11.3 Å². The van der Waals surface area contributed by atoms with E-state index in [4.69, 9.17) is 14.9 Å². The number of hydrogen-bond donors (Lipinski definition) is 3. The molecule has 0 radical (unpaired) electrons. The molecule has 0 aromatic heterocycles. The SMILES string of the molecule is Cc1ccc(OCC(O)CN(CCO)CCO)c(C)c1.Cl. The predicted molar refractivity (Wildman–Crippen MR) is 85.3 cm³/mol. The summed E-state index contributed by atoms with van der Waals surface area (Å²) < 4.78 is 5.61. The molecule has 0 aliphatic rings. The van der Waals surface area contributed by atoms with Gasteiger partial charge in [-0.15, -0.1) is 12.4 Å². The van der Waals surface area contributed by atoms with Crippen molar-refractivity contribution in [1.82, 2.24) is 4.90 Å². The zero-order valence-electron chi connectivity index (χ0n) is 12.7. The number of aliphatic hydroxyl groups is 3. The van der Waals surface area contributed by atoms with Crippen molar-refractivity contribution in [3.63, 3.8) is 0 Å². The van der Waals surface area contributed by atoms with Crippen molar-refractivity contribution in [2.24, 2.45) is 0 Å².